The number of anilines is 1. The Kier molecular flexibility index (Phi) is 10.4. The van der Waals surface area contributed by atoms with Crippen LogP contribution in [0, 0.1) is 0 Å². The summed E-state index contributed by atoms with van der Waals surface area (Å²) in [6.07, 6.45) is 1.20. The lowest BCUT2D eigenvalue weighted by Gasteiger charge is -2.33. The van der Waals surface area contributed by atoms with Gasteiger partial charge in [0.25, 0.3) is 0 Å². The van der Waals surface area contributed by atoms with Crippen molar-refractivity contribution in [3.63, 3.8) is 0 Å². The van der Waals surface area contributed by atoms with E-state index in [0.29, 0.717) is 17.1 Å². The average Bonchev–Trinajstić information content (AvgIpc) is 2.85. The SMILES string of the molecule is CCNC(=O)C(Cc1ccccc1)N(Cc1ccccc1Cl)C(=O)CN(c1cc(Cl)cc(Cl)c1)S(C)(=O)=O. The third-order valence-corrected chi connectivity index (χ3v) is 7.68. The number of carbonyl (C=O) groups is 2. The third kappa shape index (κ3) is 8.11. The number of hydrogen-bond donors (Lipinski definition) is 1. The van der Waals surface area contributed by atoms with Gasteiger partial charge < -0.3 is 10.2 Å². The molecule has 0 aliphatic heterocycles. The Labute approximate surface area is 238 Å². The van der Waals surface area contributed by atoms with E-state index in [2.05, 4.69) is 5.32 Å². The summed E-state index contributed by atoms with van der Waals surface area (Å²) in [6.45, 7) is 1.55. The van der Waals surface area contributed by atoms with Crippen LogP contribution in [-0.4, -0.2) is 50.5 Å². The number of sulfonamides is 1. The highest BCUT2D eigenvalue weighted by atomic mass is 35.5. The van der Waals surface area contributed by atoms with Crippen LogP contribution >= 0.6 is 34.8 Å². The van der Waals surface area contributed by atoms with Crippen molar-refractivity contribution in [1.29, 1.82) is 0 Å². The number of amides is 2. The monoisotopic (exact) mass is 595 g/mol. The fraction of sp³-hybridized carbons (Fsp3) is 0.259. The molecule has 3 rings (SSSR count). The second kappa shape index (κ2) is 13.3. The Morgan fingerprint density at radius 2 is 1.53 bits per heavy atom. The van der Waals surface area contributed by atoms with Crippen LogP contribution in [0.15, 0.2) is 72.8 Å². The molecule has 0 bridgehead atoms. The first-order valence-corrected chi connectivity index (χ1v) is 14.8. The van der Waals surface area contributed by atoms with Crippen LogP contribution in [0.1, 0.15) is 18.1 Å². The number of carbonyl (C=O) groups excluding carboxylic acids is 2. The van der Waals surface area contributed by atoms with E-state index in [1.54, 1.807) is 31.2 Å². The molecule has 0 aromatic heterocycles. The molecule has 0 aliphatic carbocycles. The van der Waals surface area contributed by atoms with Crippen LogP contribution in [0.3, 0.4) is 0 Å². The molecule has 0 aliphatic rings. The number of rotatable bonds is 11. The minimum atomic E-state index is -3.93. The van der Waals surface area contributed by atoms with Crippen molar-refractivity contribution in [3.05, 3.63) is 99.0 Å². The summed E-state index contributed by atoms with van der Waals surface area (Å²) < 4.78 is 26.5. The van der Waals surface area contributed by atoms with Crippen LogP contribution in [0.5, 0.6) is 0 Å². The van der Waals surface area contributed by atoms with Gasteiger partial charge >= 0.3 is 0 Å². The Morgan fingerprint density at radius 3 is 2.11 bits per heavy atom. The van der Waals surface area contributed by atoms with Gasteiger partial charge in [0.1, 0.15) is 12.6 Å². The van der Waals surface area contributed by atoms with Gasteiger partial charge in [-0.15, -0.1) is 0 Å². The number of benzene rings is 3. The Morgan fingerprint density at radius 1 is 0.921 bits per heavy atom. The predicted octanol–water partition coefficient (Wildman–Crippen LogP) is 5.19. The minimum Gasteiger partial charge on any atom is -0.355 e. The normalized spacial score (nSPS) is 12.0. The molecule has 3 aromatic rings. The molecule has 2 amide bonds. The number of likely N-dealkylation sites (N-methyl/N-ethyl adjacent to an activating group) is 1. The van der Waals surface area contributed by atoms with Gasteiger partial charge in [-0.05, 0) is 42.3 Å². The second-order valence-electron chi connectivity index (χ2n) is 8.61. The van der Waals surface area contributed by atoms with E-state index in [1.807, 2.05) is 30.3 Å². The van der Waals surface area contributed by atoms with Crippen LogP contribution in [0.4, 0.5) is 5.69 Å². The summed E-state index contributed by atoms with van der Waals surface area (Å²) in [5.74, 6) is -0.966. The molecule has 1 atom stereocenters. The van der Waals surface area contributed by atoms with E-state index < -0.39 is 28.5 Å². The molecular formula is C27H28Cl3N3O4S. The summed E-state index contributed by atoms with van der Waals surface area (Å²) in [5, 5.41) is 3.64. The van der Waals surface area contributed by atoms with E-state index in [0.717, 1.165) is 16.1 Å². The largest absolute Gasteiger partial charge is 0.355 e. The Bertz CT molecular complexity index is 1370. The molecule has 38 heavy (non-hydrogen) atoms. The fourth-order valence-electron chi connectivity index (χ4n) is 3.95. The summed E-state index contributed by atoms with van der Waals surface area (Å²) in [5.41, 5.74) is 1.58. The first-order chi connectivity index (χ1) is 18.0. The molecule has 1 N–H and O–H groups in total. The van der Waals surface area contributed by atoms with E-state index in [4.69, 9.17) is 34.8 Å². The molecule has 0 saturated carbocycles. The van der Waals surface area contributed by atoms with Gasteiger partial charge in [0.05, 0.1) is 11.9 Å². The average molecular weight is 597 g/mol. The van der Waals surface area contributed by atoms with Crippen LogP contribution in [0.25, 0.3) is 0 Å². The molecular weight excluding hydrogens is 569 g/mol. The van der Waals surface area contributed by atoms with Crippen molar-refractivity contribution >= 4 is 62.3 Å². The van der Waals surface area contributed by atoms with Crippen LogP contribution < -0.4 is 9.62 Å². The number of nitrogens with one attached hydrogen (secondary N) is 1. The molecule has 7 nitrogen and oxygen atoms in total. The second-order valence-corrected chi connectivity index (χ2v) is 11.8. The molecule has 0 heterocycles. The van der Waals surface area contributed by atoms with Gasteiger partial charge in [-0.25, -0.2) is 8.42 Å². The first kappa shape index (κ1) is 29.8. The van der Waals surface area contributed by atoms with Gasteiger partial charge in [-0.3, -0.25) is 13.9 Å². The maximum atomic E-state index is 13.9. The standard InChI is InChI=1S/C27H28Cl3N3O4S/c1-3-31-27(35)25(13-19-9-5-4-6-10-19)32(17-20-11-7-8-12-24(20)30)26(34)18-33(38(2,36)37)23-15-21(28)14-22(29)16-23/h4-12,14-16,25H,3,13,17-18H2,1-2H3,(H,31,35). The molecule has 3 aromatic carbocycles. The van der Waals surface area contributed by atoms with Crippen molar-refractivity contribution in [1.82, 2.24) is 10.2 Å². The third-order valence-electron chi connectivity index (χ3n) is 5.74. The quantitative estimate of drug-likeness (QED) is 0.330. The summed E-state index contributed by atoms with van der Waals surface area (Å²) in [7, 11) is -3.93. The van der Waals surface area contributed by atoms with Crippen molar-refractivity contribution in [2.45, 2.75) is 25.9 Å². The lowest BCUT2D eigenvalue weighted by atomic mass is 10.0. The molecule has 202 valence electrons. The molecule has 0 spiro atoms. The molecule has 0 saturated heterocycles. The van der Waals surface area contributed by atoms with Gasteiger partial charge in [0.2, 0.25) is 21.8 Å². The van der Waals surface area contributed by atoms with Gasteiger partial charge in [0, 0.05) is 34.6 Å². The Hall–Kier alpha value is -2.78. The van der Waals surface area contributed by atoms with Crippen molar-refractivity contribution in [3.8, 4) is 0 Å². The van der Waals surface area contributed by atoms with Crippen LogP contribution in [-0.2, 0) is 32.6 Å². The summed E-state index contributed by atoms with van der Waals surface area (Å²) >= 11 is 18.6. The van der Waals surface area contributed by atoms with E-state index in [9.17, 15) is 18.0 Å². The highest BCUT2D eigenvalue weighted by Gasteiger charge is 2.33. The lowest BCUT2D eigenvalue weighted by Crippen LogP contribution is -2.53. The topological polar surface area (TPSA) is 86.8 Å². The van der Waals surface area contributed by atoms with Crippen molar-refractivity contribution in [2.24, 2.45) is 0 Å². The first-order valence-electron chi connectivity index (χ1n) is 11.8. The van der Waals surface area contributed by atoms with Crippen molar-refractivity contribution < 1.29 is 18.0 Å². The van der Waals surface area contributed by atoms with Crippen molar-refractivity contribution in [2.75, 3.05) is 23.7 Å². The zero-order chi connectivity index (χ0) is 27.9. The molecule has 0 radical (unpaired) electrons. The molecule has 0 fully saturated rings. The van der Waals surface area contributed by atoms with E-state index in [-0.39, 0.29) is 34.6 Å². The van der Waals surface area contributed by atoms with Gasteiger partial charge in [-0.1, -0.05) is 83.3 Å². The lowest BCUT2D eigenvalue weighted by molar-refractivity contribution is -0.140. The van der Waals surface area contributed by atoms with E-state index >= 15 is 0 Å². The minimum absolute atomic E-state index is 0.0129. The highest BCUT2D eigenvalue weighted by molar-refractivity contribution is 7.92. The maximum Gasteiger partial charge on any atom is 0.244 e. The van der Waals surface area contributed by atoms with Crippen LogP contribution in [0.2, 0.25) is 15.1 Å². The summed E-state index contributed by atoms with van der Waals surface area (Å²) in [4.78, 5) is 28.6. The maximum absolute atomic E-state index is 13.9. The van der Waals surface area contributed by atoms with E-state index in [1.165, 1.54) is 23.1 Å². The zero-order valence-corrected chi connectivity index (χ0v) is 24.0. The predicted molar refractivity (Wildman–Crippen MR) is 153 cm³/mol. The Balaban J connectivity index is 2.07. The summed E-state index contributed by atoms with van der Waals surface area (Å²) in [6, 6.07) is 19.6. The van der Waals surface area contributed by atoms with Gasteiger partial charge in [0.15, 0.2) is 0 Å². The smallest absolute Gasteiger partial charge is 0.244 e. The zero-order valence-electron chi connectivity index (χ0n) is 20.9. The molecule has 11 heteroatoms. The van der Waals surface area contributed by atoms with Gasteiger partial charge in [-0.2, -0.15) is 0 Å². The number of halogens is 3. The number of nitrogens with zero attached hydrogens (tertiary/aromatic N) is 2. The highest BCUT2D eigenvalue weighted by Crippen LogP contribution is 2.28. The fourth-order valence-corrected chi connectivity index (χ4v) is 5.50. The number of hydrogen-bond acceptors (Lipinski definition) is 4. The molecule has 1 unspecified atom stereocenters.